The highest BCUT2D eigenvalue weighted by atomic mass is 16.5. The van der Waals surface area contributed by atoms with Gasteiger partial charge in [-0.1, -0.05) is 29.4 Å². The van der Waals surface area contributed by atoms with Crippen LogP contribution in [0.25, 0.3) is 10.8 Å². The maximum atomic E-state index is 12.2. The van der Waals surface area contributed by atoms with E-state index in [1.54, 1.807) is 25.1 Å². The van der Waals surface area contributed by atoms with Crippen LogP contribution in [0.1, 0.15) is 16.1 Å². The molecule has 20 heavy (non-hydrogen) atoms. The topological polar surface area (TPSA) is 81.2 Å². The second kappa shape index (κ2) is 4.70. The number of fused-ring (bicyclic) bond motifs is 1. The van der Waals surface area contributed by atoms with E-state index in [1.807, 2.05) is 24.3 Å². The predicted molar refractivity (Wildman–Crippen MR) is 77.6 cm³/mol. The van der Waals surface area contributed by atoms with Gasteiger partial charge in [0.2, 0.25) is 5.88 Å². The van der Waals surface area contributed by atoms with E-state index in [4.69, 9.17) is 10.3 Å². The zero-order valence-electron chi connectivity index (χ0n) is 10.9. The van der Waals surface area contributed by atoms with Crippen molar-refractivity contribution in [3.05, 3.63) is 53.7 Å². The molecule has 3 N–H and O–H groups in total. The third kappa shape index (κ3) is 2.21. The molecule has 0 radical (unpaired) electrons. The van der Waals surface area contributed by atoms with E-state index in [2.05, 4.69) is 10.5 Å². The number of carbonyl (C=O) groups is 1. The number of rotatable bonds is 2. The minimum absolute atomic E-state index is 0.306. The lowest BCUT2D eigenvalue weighted by atomic mass is 10.0. The van der Waals surface area contributed by atoms with Gasteiger partial charge < -0.3 is 10.3 Å². The van der Waals surface area contributed by atoms with Gasteiger partial charge in [-0.2, -0.15) is 0 Å². The average molecular weight is 267 g/mol. The Balaban J connectivity index is 1.96. The van der Waals surface area contributed by atoms with Gasteiger partial charge in [-0.15, -0.1) is 0 Å². The molecular weight excluding hydrogens is 254 g/mol. The molecule has 0 fully saturated rings. The van der Waals surface area contributed by atoms with E-state index in [9.17, 15) is 4.79 Å². The summed E-state index contributed by atoms with van der Waals surface area (Å²) >= 11 is 0. The summed E-state index contributed by atoms with van der Waals surface area (Å²) in [6.45, 7) is 1.78. The number of nitrogens with two attached hydrogens (primary N) is 1. The van der Waals surface area contributed by atoms with Crippen molar-refractivity contribution in [2.45, 2.75) is 6.92 Å². The molecule has 3 aromatic rings. The number of anilines is 2. The van der Waals surface area contributed by atoms with Crippen LogP contribution >= 0.6 is 0 Å². The quantitative estimate of drug-likeness (QED) is 0.699. The summed E-state index contributed by atoms with van der Waals surface area (Å²) in [4.78, 5) is 12.2. The first-order valence-electron chi connectivity index (χ1n) is 6.16. The first kappa shape index (κ1) is 12.2. The molecule has 0 unspecified atom stereocenters. The number of nitrogens with zero attached hydrogens (tertiary/aromatic N) is 1. The summed E-state index contributed by atoms with van der Waals surface area (Å²) in [6, 6.07) is 12.9. The standard InChI is InChI=1S/C15H13N3O2/c1-9-6-14(20-18-9)17-15(19)12-7-10-4-2-3-5-11(10)8-13(12)16/h2-8H,16H2,1H3,(H,17,19). The molecule has 0 bridgehead atoms. The molecule has 5 heteroatoms. The Labute approximate surface area is 115 Å². The molecule has 0 aliphatic heterocycles. The summed E-state index contributed by atoms with van der Waals surface area (Å²) in [6.07, 6.45) is 0. The minimum atomic E-state index is -0.315. The highest BCUT2D eigenvalue weighted by molar-refractivity contribution is 6.09. The van der Waals surface area contributed by atoms with Crippen LogP contribution in [0.5, 0.6) is 0 Å². The molecular formula is C15H13N3O2. The largest absolute Gasteiger partial charge is 0.398 e. The molecule has 5 nitrogen and oxygen atoms in total. The number of hydrogen-bond acceptors (Lipinski definition) is 4. The molecule has 1 aromatic heterocycles. The maximum Gasteiger partial charge on any atom is 0.260 e. The maximum absolute atomic E-state index is 12.2. The lowest BCUT2D eigenvalue weighted by Crippen LogP contribution is -2.13. The number of amides is 1. The molecule has 100 valence electrons. The van der Waals surface area contributed by atoms with Crippen molar-refractivity contribution < 1.29 is 9.32 Å². The number of nitrogen functional groups attached to an aromatic ring is 1. The Morgan fingerprint density at radius 1 is 1.20 bits per heavy atom. The van der Waals surface area contributed by atoms with Crippen LogP contribution in [0.4, 0.5) is 11.6 Å². The molecule has 3 rings (SSSR count). The van der Waals surface area contributed by atoms with E-state index >= 15 is 0 Å². The van der Waals surface area contributed by atoms with E-state index < -0.39 is 0 Å². The van der Waals surface area contributed by atoms with Crippen LogP contribution in [0.15, 0.2) is 47.0 Å². The first-order chi connectivity index (χ1) is 9.63. The van der Waals surface area contributed by atoms with Gasteiger partial charge >= 0.3 is 0 Å². The number of hydrogen-bond donors (Lipinski definition) is 2. The fraction of sp³-hybridized carbons (Fsp3) is 0.0667. The Morgan fingerprint density at radius 2 is 1.90 bits per heavy atom. The van der Waals surface area contributed by atoms with Crippen molar-refractivity contribution in [3.8, 4) is 0 Å². The van der Waals surface area contributed by atoms with Crippen molar-refractivity contribution >= 4 is 28.3 Å². The van der Waals surface area contributed by atoms with Gasteiger partial charge in [0.25, 0.3) is 5.91 Å². The van der Waals surface area contributed by atoms with Gasteiger partial charge in [0, 0.05) is 11.8 Å². The Kier molecular flexibility index (Phi) is 2.87. The fourth-order valence-corrected chi connectivity index (χ4v) is 2.06. The van der Waals surface area contributed by atoms with Crippen molar-refractivity contribution in [2.24, 2.45) is 0 Å². The van der Waals surface area contributed by atoms with Gasteiger partial charge in [0.15, 0.2) is 0 Å². The van der Waals surface area contributed by atoms with Gasteiger partial charge in [0.05, 0.1) is 11.3 Å². The lowest BCUT2D eigenvalue weighted by Gasteiger charge is -2.07. The third-order valence-electron chi connectivity index (χ3n) is 3.03. The van der Waals surface area contributed by atoms with E-state index in [1.165, 1.54) is 0 Å². The minimum Gasteiger partial charge on any atom is -0.398 e. The van der Waals surface area contributed by atoms with Crippen molar-refractivity contribution in [1.29, 1.82) is 0 Å². The molecule has 0 saturated heterocycles. The van der Waals surface area contributed by atoms with Crippen molar-refractivity contribution in [2.75, 3.05) is 11.1 Å². The van der Waals surface area contributed by atoms with Crippen LogP contribution in [-0.2, 0) is 0 Å². The van der Waals surface area contributed by atoms with E-state index in [-0.39, 0.29) is 5.91 Å². The van der Waals surface area contributed by atoms with E-state index in [0.717, 1.165) is 10.8 Å². The zero-order chi connectivity index (χ0) is 14.1. The summed E-state index contributed by atoms with van der Waals surface area (Å²) in [5.74, 6) is -0.00976. The van der Waals surface area contributed by atoms with Crippen LogP contribution in [0, 0.1) is 6.92 Å². The molecule has 0 aliphatic carbocycles. The molecule has 0 atom stereocenters. The Bertz CT molecular complexity index is 793. The molecule has 0 spiro atoms. The van der Waals surface area contributed by atoms with Gasteiger partial charge in [-0.3, -0.25) is 10.1 Å². The van der Waals surface area contributed by atoms with Crippen LogP contribution < -0.4 is 11.1 Å². The van der Waals surface area contributed by atoms with Crippen LogP contribution in [0.2, 0.25) is 0 Å². The van der Waals surface area contributed by atoms with Gasteiger partial charge in [0.1, 0.15) is 0 Å². The van der Waals surface area contributed by atoms with E-state index in [0.29, 0.717) is 22.8 Å². The first-order valence-corrected chi connectivity index (χ1v) is 6.16. The Morgan fingerprint density at radius 3 is 2.55 bits per heavy atom. The molecule has 0 saturated carbocycles. The Hall–Kier alpha value is -2.82. The molecule has 1 heterocycles. The monoisotopic (exact) mass is 267 g/mol. The second-order valence-corrected chi connectivity index (χ2v) is 4.57. The van der Waals surface area contributed by atoms with Crippen molar-refractivity contribution in [3.63, 3.8) is 0 Å². The predicted octanol–water partition coefficient (Wildman–Crippen LogP) is 2.97. The van der Waals surface area contributed by atoms with Crippen LogP contribution in [0.3, 0.4) is 0 Å². The number of carbonyl (C=O) groups excluding carboxylic acids is 1. The summed E-state index contributed by atoms with van der Waals surface area (Å²) in [5, 5.41) is 8.31. The molecule has 0 aliphatic rings. The van der Waals surface area contributed by atoms with Crippen LogP contribution in [-0.4, -0.2) is 11.1 Å². The zero-order valence-corrected chi connectivity index (χ0v) is 10.9. The highest BCUT2D eigenvalue weighted by Crippen LogP contribution is 2.23. The number of nitrogens with one attached hydrogen (secondary N) is 1. The second-order valence-electron chi connectivity index (χ2n) is 4.57. The summed E-state index contributed by atoms with van der Waals surface area (Å²) in [5.41, 5.74) is 7.48. The van der Waals surface area contributed by atoms with Gasteiger partial charge in [-0.05, 0) is 29.8 Å². The van der Waals surface area contributed by atoms with Gasteiger partial charge in [-0.25, -0.2) is 0 Å². The lowest BCUT2D eigenvalue weighted by molar-refractivity contribution is 0.102. The summed E-state index contributed by atoms with van der Waals surface area (Å²) in [7, 11) is 0. The fourth-order valence-electron chi connectivity index (χ4n) is 2.06. The smallest absolute Gasteiger partial charge is 0.260 e. The molecule has 2 aromatic carbocycles. The number of aromatic nitrogens is 1. The molecule has 1 amide bonds. The van der Waals surface area contributed by atoms with Crippen molar-refractivity contribution in [1.82, 2.24) is 5.16 Å². The summed E-state index contributed by atoms with van der Waals surface area (Å²) < 4.78 is 4.96. The SMILES string of the molecule is Cc1cc(NC(=O)c2cc3ccccc3cc2N)on1. The highest BCUT2D eigenvalue weighted by Gasteiger charge is 2.13. The average Bonchev–Trinajstić information content (AvgIpc) is 2.83. The number of benzene rings is 2. The number of aryl methyl sites for hydroxylation is 1. The third-order valence-corrected chi connectivity index (χ3v) is 3.03. The normalized spacial score (nSPS) is 10.7.